The molecule has 0 spiro atoms. The number of hydrogen-bond donors (Lipinski definition) is 2. The number of nitrogens with one attached hydrogen (secondary N) is 2. The third kappa shape index (κ3) is 3.56. The maximum Gasteiger partial charge on any atom is 0.254 e. The fourth-order valence-electron chi connectivity index (χ4n) is 2.58. The van der Waals surface area contributed by atoms with Crippen LogP contribution in [0.15, 0.2) is 10.9 Å². The van der Waals surface area contributed by atoms with Crippen molar-refractivity contribution in [3.63, 3.8) is 0 Å². The molecule has 1 unspecified atom stereocenters. The van der Waals surface area contributed by atoms with E-state index in [1.165, 1.54) is 18.9 Å². The molecule has 1 aromatic rings. The van der Waals surface area contributed by atoms with E-state index < -0.39 is 0 Å². The SMILES string of the molecule is O=c1cc(OCCC2CCCNC2)nc(C2CC2)[nH]1. The van der Waals surface area contributed by atoms with Gasteiger partial charge in [-0.05, 0) is 51.1 Å². The molecule has 0 bridgehead atoms. The summed E-state index contributed by atoms with van der Waals surface area (Å²) in [6.45, 7) is 2.87. The van der Waals surface area contributed by atoms with Crippen LogP contribution >= 0.6 is 0 Å². The van der Waals surface area contributed by atoms with Crippen molar-refractivity contribution in [2.45, 2.75) is 38.0 Å². The van der Waals surface area contributed by atoms with E-state index in [4.69, 9.17) is 4.74 Å². The molecule has 1 saturated carbocycles. The first-order chi connectivity index (χ1) is 9.31. The number of nitrogens with zero attached hydrogens (tertiary/aromatic N) is 1. The zero-order chi connectivity index (χ0) is 13.1. The first-order valence-corrected chi connectivity index (χ1v) is 7.26. The molecule has 19 heavy (non-hydrogen) atoms. The standard InChI is InChI=1S/C14H21N3O2/c18-12-8-13(17-14(16-12)11-3-4-11)19-7-5-10-2-1-6-15-9-10/h8,10-11,15H,1-7,9H2,(H,16,17,18). The van der Waals surface area contributed by atoms with E-state index in [0.717, 1.165) is 38.2 Å². The van der Waals surface area contributed by atoms with Crippen molar-refractivity contribution in [3.8, 4) is 5.88 Å². The Hall–Kier alpha value is -1.36. The van der Waals surface area contributed by atoms with Crippen LogP contribution in [0.5, 0.6) is 5.88 Å². The van der Waals surface area contributed by atoms with Crippen LogP contribution < -0.4 is 15.6 Å². The molecule has 2 N–H and O–H groups in total. The minimum absolute atomic E-state index is 0.105. The monoisotopic (exact) mass is 263 g/mol. The van der Waals surface area contributed by atoms with Gasteiger partial charge in [-0.2, -0.15) is 4.98 Å². The smallest absolute Gasteiger partial charge is 0.254 e. The summed E-state index contributed by atoms with van der Waals surface area (Å²) in [6.07, 6.45) is 5.80. The first kappa shape index (κ1) is 12.7. The van der Waals surface area contributed by atoms with Gasteiger partial charge in [-0.15, -0.1) is 0 Å². The van der Waals surface area contributed by atoms with E-state index in [0.29, 0.717) is 24.3 Å². The highest BCUT2D eigenvalue weighted by Gasteiger charge is 2.26. The minimum atomic E-state index is -0.105. The second-order valence-electron chi connectivity index (χ2n) is 5.59. The van der Waals surface area contributed by atoms with Gasteiger partial charge in [0.1, 0.15) is 5.82 Å². The van der Waals surface area contributed by atoms with E-state index in [1.54, 1.807) is 0 Å². The van der Waals surface area contributed by atoms with Crippen molar-refractivity contribution in [2.24, 2.45) is 5.92 Å². The molecule has 1 saturated heterocycles. The fourth-order valence-corrected chi connectivity index (χ4v) is 2.58. The summed E-state index contributed by atoms with van der Waals surface area (Å²) < 4.78 is 5.65. The molecule has 2 heterocycles. The van der Waals surface area contributed by atoms with Crippen molar-refractivity contribution in [2.75, 3.05) is 19.7 Å². The highest BCUT2D eigenvalue weighted by atomic mass is 16.5. The molecule has 2 aliphatic rings. The first-order valence-electron chi connectivity index (χ1n) is 7.26. The molecular weight excluding hydrogens is 242 g/mol. The lowest BCUT2D eigenvalue weighted by molar-refractivity contribution is 0.246. The largest absolute Gasteiger partial charge is 0.477 e. The number of aromatic amines is 1. The van der Waals surface area contributed by atoms with Gasteiger partial charge in [0.05, 0.1) is 12.7 Å². The third-order valence-corrected chi connectivity index (χ3v) is 3.88. The second-order valence-corrected chi connectivity index (χ2v) is 5.59. The van der Waals surface area contributed by atoms with E-state index >= 15 is 0 Å². The van der Waals surface area contributed by atoms with Crippen LogP contribution in [0.25, 0.3) is 0 Å². The van der Waals surface area contributed by atoms with Crippen molar-refractivity contribution in [1.29, 1.82) is 0 Å². The third-order valence-electron chi connectivity index (χ3n) is 3.88. The van der Waals surface area contributed by atoms with E-state index in [9.17, 15) is 4.79 Å². The van der Waals surface area contributed by atoms with Gasteiger partial charge in [0.25, 0.3) is 5.56 Å². The summed E-state index contributed by atoms with van der Waals surface area (Å²) in [7, 11) is 0. The van der Waals surface area contributed by atoms with Gasteiger partial charge in [0, 0.05) is 5.92 Å². The van der Waals surface area contributed by atoms with Crippen molar-refractivity contribution < 1.29 is 4.74 Å². The molecule has 1 aliphatic carbocycles. The molecule has 3 rings (SSSR count). The predicted molar refractivity (Wildman–Crippen MR) is 72.5 cm³/mol. The Kier molecular flexibility index (Phi) is 3.82. The highest BCUT2D eigenvalue weighted by Crippen LogP contribution is 2.37. The number of piperidine rings is 1. The molecule has 1 aromatic heterocycles. The van der Waals surface area contributed by atoms with E-state index in [2.05, 4.69) is 15.3 Å². The lowest BCUT2D eigenvalue weighted by Gasteiger charge is -2.22. The van der Waals surface area contributed by atoms with Gasteiger partial charge in [0.2, 0.25) is 5.88 Å². The zero-order valence-corrected chi connectivity index (χ0v) is 11.2. The Balaban J connectivity index is 1.52. The van der Waals surface area contributed by atoms with Crippen molar-refractivity contribution in [1.82, 2.24) is 15.3 Å². The lowest BCUT2D eigenvalue weighted by atomic mass is 9.97. The van der Waals surface area contributed by atoms with Crippen LogP contribution in [0.2, 0.25) is 0 Å². The van der Waals surface area contributed by atoms with Gasteiger partial charge in [-0.1, -0.05) is 0 Å². The maximum absolute atomic E-state index is 11.5. The Bertz CT molecular complexity index is 476. The molecule has 5 heteroatoms. The summed E-state index contributed by atoms with van der Waals surface area (Å²) in [5, 5.41) is 3.40. The van der Waals surface area contributed by atoms with Crippen LogP contribution in [0, 0.1) is 5.92 Å². The van der Waals surface area contributed by atoms with Crippen LogP contribution in [-0.4, -0.2) is 29.7 Å². The average Bonchev–Trinajstić information content (AvgIpc) is 3.24. The van der Waals surface area contributed by atoms with Gasteiger partial charge >= 0.3 is 0 Å². The van der Waals surface area contributed by atoms with Crippen LogP contribution in [0.4, 0.5) is 0 Å². The normalized spacial score (nSPS) is 23.3. The van der Waals surface area contributed by atoms with Gasteiger partial charge in [-0.3, -0.25) is 4.79 Å². The quantitative estimate of drug-likeness (QED) is 0.843. The second kappa shape index (κ2) is 5.74. The number of ether oxygens (including phenoxy) is 1. The van der Waals surface area contributed by atoms with Gasteiger partial charge in [0.15, 0.2) is 0 Å². The zero-order valence-electron chi connectivity index (χ0n) is 11.2. The van der Waals surface area contributed by atoms with Crippen molar-refractivity contribution in [3.05, 3.63) is 22.2 Å². The minimum Gasteiger partial charge on any atom is -0.477 e. The Morgan fingerprint density at radius 3 is 3.00 bits per heavy atom. The average molecular weight is 263 g/mol. The summed E-state index contributed by atoms with van der Waals surface area (Å²) in [4.78, 5) is 18.7. The van der Waals surface area contributed by atoms with Crippen LogP contribution in [0.1, 0.15) is 43.8 Å². The maximum atomic E-state index is 11.5. The van der Waals surface area contributed by atoms with Crippen molar-refractivity contribution >= 4 is 0 Å². The highest BCUT2D eigenvalue weighted by molar-refractivity contribution is 5.14. The molecule has 0 amide bonds. The number of aromatic nitrogens is 2. The molecule has 5 nitrogen and oxygen atoms in total. The van der Waals surface area contributed by atoms with Gasteiger partial charge in [-0.25, -0.2) is 0 Å². The Morgan fingerprint density at radius 2 is 2.26 bits per heavy atom. The topological polar surface area (TPSA) is 67.0 Å². The van der Waals surface area contributed by atoms with Gasteiger partial charge < -0.3 is 15.0 Å². The molecule has 0 aromatic carbocycles. The Morgan fingerprint density at radius 1 is 1.37 bits per heavy atom. The Labute approximate surface area is 112 Å². The summed E-state index contributed by atoms with van der Waals surface area (Å²) >= 11 is 0. The summed E-state index contributed by atoms with van der Waals surface area (Å²) in [5.74, 6) is 2.41. The number of H-pyrrole nitrogens is 1. The number of hydrogen-bond acceptors (Lipinski definition) is 4. The van der Waals surface area contributed by atoms with Crippen LogP contribution in [-0.2, 0) is 0 Å². The molecule has 1 aliphatic heterocycles. The summed E-state index contributed by atoms with van der Waals surface area (Å²) in [5.41, 5.74) is -0.105. The molecule has 1 atom stereocenters. The molecular formula is C14H21N3O2. The predicted octanol–water partition coefficient (Wildman–Crippen LogP) is 1.42. The molecule has 104 valence electrons. The molecule has 2 fully saturated rings. The fraction of sp³-hybridized carbons (Fsp3) is 0.714. The van der Waals surface area contributed by atoms with E-state index in [1.807, 2.05) is 0 Å². The van der Waals surface area contributed by atoms with Crippen LogP contribution in [0.3, 0.4) is 0 Å². The molecule has 0 radical (unpaired) electrons. The summed E-state index contributed by atoms with van der Waals surface area (Å²) in [6, 6.07) is 1.45. The lowest BCUT2D eigenvalue weighted by Crippen LogP contribution is -2.30. The van der Waals surface area contributed by atoms with E-state index in [-0.39, 0.29) is 5.56 Å². The number of rotatable bonds is 5.